The van der Waals surface area contributed by atoms with E-state index in [4.69, 9.17) is 5.11 Å². The topological polar surface area (TPSA) is 91.3 Å². The molecule has 1 heterocycles. The summed E-state index contributed by atoms with van der Waals surface area (Å²) in [6.45, 7) is 3.56. The predicted molar refractivity (Wildman–Crippen MR) is 79.1 cm³/mol. The standard InChI is InChI=1S/C13H19N3O3S/c1-13(2,7-6-11(17)18)16-12(19)15-10-5-4-9(20-3)8-14-10/h4-5,8H,6-7H2,1-3H3,(H,17,18)(H2,14,15,16,19). The Bertz CT molecular complexity index is 474. The molecule has 0 fully saturated rings. The highest BCUT2D eigenvalue weighted by Gasteiger charge is 2.21. The van der Waals surface area contributed by atoms with Crippen LogP contribution in [0.2, 0.25) is 0 Å². The summed E-state index contributed by atoms with van der Waals surface area (Å²) in [7, 11) is 0. The first-order valence-electron chi connectivity index (χ1n) is 6.13. The molecule has 6 nitrogen and oxygen atoms in total. The van der Waals surface area contributed by atoms with Crippen LogP contribution in [-0.4, -0.2) is 33.9 Å². The van der Waals surface area contributed by atoms with Gasteiger partial charge in [-0.15, -0.1) is 11.8 Å². The van der Waals surface area contributed by atoms with E-state index in [0.29, 0.717) is 12.2 Å². The van der Waals surface area contributed by atoms with Crippen LogP contribution < -0.4 is 10.6 Å². The molecule has 0 saturated carbocycles. The van der Waals surface area contributed by atoms with Crippen LogP contribution in [-0.2, 0) is 4.79 Å². The van der Waals surface area contributed by atoms with Crippen molar-refractivity contribution in [3.8, 4) is 0 Å². The van der Waals surface area contributed by atoms with Crippen LogP contribution >= 0.6 is 11.8 Å². The number of rotatable bonds is 6. The number of amides is 2. The molecular weight excluding hydrogens is 278 g/mol. The zero-order valence-corrected chi connectivity index (χ0v) is 12.6. The third-order valence-corrected chi connectivity index (χ3v) is 3.34. The quantitative estimate of drug-likeness (QED) is 0.702. The van der Waals surface area contributed by atoms with Gasteiger partial charge in [-0.05, 0) is 38.7 Å². The summed E-state index contributed by atoms with van der Waals surface area (Å²) < 4.78 is 0. The molecule has 20 heavy (non-hydrogen) atoms. The van der Waals surface area contributed by atoms with Crippen molar-refractivity contribution in [3.63, 3.8) is 0 Å². The van der Waals surface area contributed by atoms with E-state index < -0.39 is 17.5 Å². The number of nitrogens with one attached hydrogen (secondary N) is 2. The summed E-state index contributed by atoms with van der Waals surface area (Å²) in [5, 5.41) is 14.0. The van der Waals surface area contributed by atoms with E-state index in [1.807, 2.05) is 12.3 Å². The summed E-state index contributed by atoms with van der Waals surface area (Å²) >= 11 is 1.57. The maximum absolute atomic E-state index is 11.8. The Morgan fingerprint density at radius 2 is 2.10 bits per heavy atom. The molecule has 0 spiro atoms. The molecule has 0 aromatic carbocycles. The van der Waals surface area contributed by atoms with E-state index >= 15 is 0 Å². The lowest BCUT2D eigenvalue weighted by atomic mass is 9.99. The van der Waals surface area contributed by atoms with E-state index in [0.717, 1.165) is 4.90 Å². The van der Waals surface area contributed by atoms with Gasteiger partial charge in [-0.25, -0.2) is 9.78 Å². The fourth-order valence-corrected chi connectivity index (χ4v) is 1.87. The van der Waals surface area contributed by atoms with Crippen molar-refractivity contribution in [1.82, 2.24) is 10.3 Å². The number of pyridine rings is 1. The minimum Gasteiger partial charge on any atom is -0.481 e. The third kappa shape index (κ3) is 5.92. The highest BCUT2D eigenvalue weighted by Crippen LogP contribution is 2.15. The molecule has 3 N–H and O–H groups in total. The molecule has 2 amide bonds. The minimum absolute atomic E-state index is 0.00789. The third-order valence-electron chi connectivity index (χ3n) is 2.63. The fourth-order valence-electron chi connectivity index (χ4n) is 1.51. The van der Waals surface area contributed by atoms with Crippen molar-refractivity contribution in [3.05, 3.63) is 18.3 Å². The van der Waals surface area contributed by atoms with Gasteiger partial charge in [0.15, 0.2) is 0 Å². The van der Waals surface area contributed by atoms with Crippen LogP contribution in [0.5, 0.6) is 0 Å². The fraction of sp³-hybridized carbons (Fsp3) is 0.462. The van der Waals surface area contributed by atoms with Gasteiger partial charge in [-0.2, -0.15) is 0 Å². The van der Waals surface area contributed by atoms with Gasteiger partial charge in [-0.1, -0.05) is 0 Å². The summed E-state index contributed by atoms with van der Waals surface area (Å²) in [6.07, 6.45) is 3.99. The number of nitrogens with zero attached hydrogens (tertiary/aromatic N) is 1. The van der Waals surface area contributed by atoms with Gasteiger partial charge in [0.25, 0.3) is 0 Å². The average molecular weight is 297 g/mol. The number of urea groups is 1. The van der Waals surface area contributed by atoms with Crippen LogP contribution in [0.15, 0.2) is 23.2 Å². The van der Waals surface area contributed by atoms with E-state index in [-0.39, 0.29) is 6.42 Å². The SMILES string of the molecule is CSc1ccc(NC(=O)NC(C)(C)CCC(=O)O)nc1. The van der Waals surface area contributed by atoms with E-state index in [1.165, 1.54) is 0 Å². The number of anilines is 1. The second-order valence-electron chi connectivity index (χ2n) is 4.94. The number of thioether (sulfide) groups is 1. The molecule has 0 aliphatic rings. The second-order valence-corrected chi connectivity index (χ2v) is 5.82. The maximum atomic E-state index is 11.8. The van der Waals surface area contributed by atoms with E-state index in [1.54, 1.807) is 37.9 Å². The average Bonchev–Trinajstić information content (AvgIpc) is 2.37. The number of carbonyl (C=O) groups excluding carboxylic acids is 1. The van der Waals surface area contributed by atoms with Gasteiger partial charge in [0.1, 0.15) is 5.82 Å². The second kappa shape index (κ2) is 7.14. The Balaban J connectivity index is 2.51. The van der Waals surface area contributed by atoms with E-state index in [2.05, 4.69) is 15.6 Å². The molecule has 0 unspecified atom stereocenters. The van der Waals surface area contributed by atoms with Gasteiger partial charge < -0.3 is 10.4 Å². The first-order chi connectivity index (χ1) is 9.32. The van der Waals surface area contributed by atoms with Gasteiger partial charge in [-0.3, -0.25) is 10.1 Å². The first-order valence-corrected chi connectivity index (χ1v) is 7.36. The maximum Gasteiger partial charge on any atom is 0.320 e. The Morgan fingerprint density at radius 3 is 2.60 bits per heavy atom. The predicted octanol–water partition coefficient (Wildman–Crippen LogP) is 2.57. The normalized spacial score (nSPS) is 10.9. The molecule has 7 heteroatoms. The Hall–Kier alpha value is -1.76. The van der Waals surface area contributed by atoms with Gasteiger partial charge in [0.05, 0.1) is 0 Å². The molecule has 110 valence electrons. The zero-order valence-electron chi connectivity index (χ0n) is 11.8. The molecule has 0 aliphatic carbocycles. The Morgan fingerprint density at radius 1 is 1.40 bits per heavy atom. The van der Waals surface area contributed by atoms with Crippen molar-refractivity contribution in [2.45, 2.75) is 37.1 Å². The zero-order chi connectivity index (χ0) is 15.2. The first kappa shape index (κ1) is 16.3. The summed E-state index contributed by atoms with van der Waals surface area (Å²) in [5.41, 5.74) is -0.596. The summed E-state index contributed by atoms with van der Waals surface area (Å²) in [4.78, 5) is 27.5. The van der Waals surface area contributed by atoms with Gasteiger partial charge in [0, 0.05) is 23.1 Å². The van der Waals surface area contributed by atoms with Crippen LogP contribution in [0.3, 0.4) is 0 Å². The Labute approximate surface area is 122 Å². The van der Waals surface area contributed by atoms with Crippen molar-refractivity contribution < 1.29 is 14.7 Å². The molecule has 1 aromatic rings. The number of hydrogen-bond acceptors (Lipinski definition) is 4. The lowest BCUT2D eigenvalue weighted by Crippen LogP contribution is -2.45. The van der Waals surface area contributed by atoms with Gasteiger partial charge in [0.2, 0.25) is 0 Å². The molecule has 0 radical (unpaired) electrons. The molecule has 0 bridgehead atoms. The van der Waals surface area contributed by atoms with Crippen molar-refractivity contribution in [2.24, 2.45) is 0 Å². The molecule has 1 aromatic heterocycles. The van der Waals surface area contributed by atoms with E-state index in [9.17, 15) is 9.59 Å². The molecule has 1 rings (SSSR count). The number of carbonyl (C=O) groups is 2. The summed E-state index contributed by atoms with van der Waals surface area (Å²) in [5.74, 6) is -0.427. The minimum atomic E-state index is -0.880. The molecule has 0 aliphatic heterocycles. The highest BCUT2D eigenvalue weighted by molar-refractivity contribution is 7.98. The number of aromatic nitrogens is 1. The van der Waals surface area contributed by atoms with Crippen molar-refractivity contribution in [2.75, 3.05) is 11.6 Å². The highest BCUT2D eigenvalue weighted by atomic mass is 32.2. The number of carboxylic acid groups (broad SMARTS) is 1. The summed E-state index contributed by atoms with van der Waals surface area (Å²) in [6, 6.07) is 3.18. The Kier molecular flexibility index (Phi) is 5.82. The van der Waals surface area contributed by atoms with Crippen LogP contribution in [0.4, 0.5) is 10.6 Å². The number of carboxylic acids is 1. The number of hydrogen-bond donors (Lipinski definition) is 3. The lowest BCUT2D eigenvalue weighted by Gasteiger charge is -2.25. The van der Waals surface area contributed by atoms with Crippen LogP contribution in [0, 0.1) is 0 Å². The molecule has 0 atom stereocenters. The van der Waals surface area contributed by atoms with Gasteiger partial charge >= 0.3 is 12.0 Å². The molecule has 0 saturated heterocycles. The van der Waals surface area contributed by atoms with Crippen LogP contribution in [0.1, 0.15) is 26.7 Å². The van der Waals surface area contributed by atoms with Crippen molar-refractivity contribution >= 4 is 29.6 Å². The van der Waals surface area contributed by atoms with Crippen LogP contribution in [0.25, 0.3) is 0 Å². The molecular formula is C13H19N3O3S. The lowest BCUT2D eigenvalue weighted by molar-refractivity contribution is -0.137. The largest absolute Gasteiger partial charge is 0.481 e. The smallest absolute Gasteiger partial charge is 0.320 e. The monoisotopic (exact) mass is 297 g/mol. The number of aliphatic carboxylic acids is 1. The van der Waals surface area contributed by atoms with Crippen molar-refractivity contribution in [1.29, 1.82) is 0 Å².